The summed E-state index contributed by atoms with van der Waals surface area (Å²) in [5, 5.41) is 37.3. The van der Waals surface area contributed by atoms with Crippen molar-refractivity contribution in [1.82, 2.24) is 0 Å². The maximum Gasteiger partial charge on any atom is 0.490 e. The predicted octanol–water partition coefficient (Wildman–Crippen LogP) is 3.51. The first kappa shape index (κ1) is 35.0. The number of alkyl halides is 4. The number of carbonyl (C=O) groups is 2. The lowest BCUT2D eigenvalue weighted by Gasteiger charge is -2.12. The van der Waals surface area contributed by atoms with Gasteiger partial charge in [-0.2, -0.15) is 0 Å². The molecular formula is C28H25B2ClF4N2O6. The molecule has 0 aromatic heterocycles. The summed E-state index contributed by atoms with van der Waals surface area (Å²) >= 11 is 5.08. The second kappa shape index (κ2) is 17.0. The van der Waals surface area contributed by atoms with Gasteiger partial charge in [-0.1, -0.05) is 72.8 Å². The van der Waals surface area contributed by atoms with E-state index in [0.29, 0.717) is 11.2 Å². The second-order valence-electron chi connectivity index (χ2n) is 8.47. The van der Waals surface area contributed by atoms with Gasteiger partial charge in [0.1, 0.15) is 0 Å². The highest BCUT2D eigenvalue weighted by Gasteiger charge is 2.21. The molecule has 0 aliphatic heterocycles. The van der Waals surface area contributed by atoms with Crippen LogP contribution in [0.15, 0.2) is 97.1 Å². The first-order valence-electron chi connectivity index (χ1n) is 12.3. The quantitative estimate of drug-likeness (QED) is 0.0803. The van der Waals surface area contributed by atoms with Crippen molar-refractivity contribution in [3.8, 4) is 0 Å². The molecule has 0 unspecified atom stereocenters. The number of hydrogen-bond donors (Lipinski definition) is 6. The molecule has 4 rings (SSSR count). The third kappa shape index (κ3) is 10.5. The van der Waals surface area contributed by atoms with Gasteiger partial charge in [0.2, 0.25) is 0 Å². The van der Waals surface area contributed by atoms with Crippen LogP contribution in [0.5, 0.6) is 0 Å². The number of hydrogen-bond acceptors (Lipinski definition) is 7. The minimum atomic E-state index is -2.77. The summed E-state index contributed by atoms with van der Waals surface area (Å²) in [6.07, 6.45) is -5.44. The van der Waals surface area contributed by atoms with Crippen LogP contribution in [-0.4, -0.2) is 45.5 Å². The van der Waals surface area contributed by atoms with Crippen molar-refractivity contribution in [2.45, 2.75) is 12.9 Å². The Morgan fingerprint density at radius 1 is 0.651 bits per heavy atom. The molecule has 0 heterocycles. The Morgan fingerprint density at radius 3 is 1.51 bits per heavy atom. The van der Waals surface area contributed by atoms with Gasteiger partial charge >= 0.3 is 14.2 Å². The molecule has 0 atom stereocenters. The molecule has 43 heavy (non-hydrogen) atoms. The van der Waals surface area contributed by atoms with Gasteiger partial charge in [-0.05, 0) is 35.9 Å². The fourth-order valence-corrected chi connectivity index (χ4v) is 3.70. The summed E-state index contributed by atoms with van der Waals surface area (Å²) in [5.74, 6) is -0.737. The molecule has 8 nitrogen and oxygen atoms in total. The van der Waals surface area contributed by atoms with Crippen LogP contribution in [0.2, 0.25) is 0 Å². The van der Waals surface area contributed by atoms with Crippen molar-refractivity contribution >= 4 is 59.3 Å². The monoisotopic (exact) mass is 618 g/mol. The number of nitrogens with one attached hydrogen (secondary N) is 1. The number of amides is 1. The third-order valence-electron chi connectivity index (χ3n) is 5.61. The average molecular weight is 619 g/mol. The number of carbonyl (C=O) groups excluding carboxylic acids is 2. The van der Waals surface area contributed by atoms with Crippen LogP contribution in [0.1, 0.15) is 44.7 Å². The fourth-order valence-electron chi connectivity index (χ4n) is 3.53. The van der Waals surface area contributed by atoms with Crippen molar-refractivity contribution in [3.63, 3.8) is 0 Å². The minimum Gasteiger partial charge on any atom is -0.423 e. The summed E-state index contributed by atoms with van der Waals surface area (Å²) in [5.41, 5.74) is 5.40. The van der Waals surface area contributed by atoms with Gasteiger partial charge in [0.15, 0.2) is 0 Å². The van der Waals surface area contributed by atoms with E-state index < -0.39 is 38.2 Å². The molecule has 0 aliphatic carbocycles. The lowest BCUT2D eigenvalue weighted by atomic mass is 9.79. The van der Waals surface area contributed by atoms with Crippen molar-refractivity contribution in [2.75, 3.05) is 11.1 Å². The molecule has 0 saturated carbocycles. The first-order chi connectivity index (χ1) is 20.3. The molecule has 7 N–H and O–H groups in total. The van der Waals surface area contributed by atoms with Crippen LogP contribution >= 0.6 is 11.6 Å². The number of benzene rings is 4. The normalized spacial score (nSPS) is 10.2. The van der Waals surface area contributed by atoms with Crippen LogP contribution in [0.4, 0.5) is 28.9 Å². The van der Waals surface area contributed by atoms with E-state index in [0.717, 1.165) is 0 Å². The molecule has 0 fully saturated rings. The fraction of sp³-hybridized carbons (Fsp3) is 0.0714. The molecule has 0 spiro atoms. The SMILES string of the molecule is Nc1ccccc1B(O)O.O=C(Cl)c1ccccc1C(F)F.O=C(Nc1ccccc1B(O)O)c1ccccc1C(F)F. The van der Waals surface area contributed by atoms with E-state index in [1.165, 1.54) is 60.7 Å². The first-order valence-corrected chi connectivity index (χ1v) is 12.6. The highest BCUT2D eigenvalue weighted by molar-refractivity contribution is 6.68. The van der Waals surface area contributed by atoms with E-state index in [2.05, 4.69) is 5.32 Å². The van der Waals surface area contributed by atoms with Crippen molar-refractivity contribution in [2.24, 2.45) is 0 Å². The van der Waals surface area contributed by atoms with Crippen molar-refractivity contribution < 1.29 is 47.2 Å². The van der Waals surface area contributed by atoms with Crippen molar-refractivity contribution in [1.29, 1.82) is 0 Å². The Bertz CT molecular complexity index is 1520. The molecule has 0 radical (unpaired) electrons. The summed E-state index contributed by atoms with van der Waals surface area (Å²) < 4.78 is 50.1. The Balaban J connectivity index is 0.000000248. The Hall–Kier alpha value is -4.20. The Morgan fingerprint density at radius 2 is 1.07 bits per heavy atom. The topological polar surface area (TPSA) is 153 Å². The highest BCUT2D eigenvalue weighted by Crippen LogP contribution is 2.24. The molecule has 0 bridgehead atoms. The smallest absolute Gasteiger partial charge is 0.423 e. The number of anilines is 2. The van der Waals surface area contributed by atoms with E-state index in [-0.39, 0.29) is 33.4 Å². The Kier molecular flexibility index (Phi) is 13.9. The van der Waals surface area contributed by atoms with E-state index in [1.807, 2.05) is 0 Å². The number of para-hydroxylation sites is 2. The van der Waals surface area contributed by atoms with E-state index in [1.54, 1.807) is 36.4 Å². The maximum absolute atomic E-state index is 12.9. The predicted molar refractivity (Wildman–Crippen MR) is 158 cm³/mol. The lowest BCUT2D eigenvalue weighted by molar-refractivity contribution is 0.101. The zero-order chi connectivity index (χ0) is 32.1. The van der Waals surface area contributed by atoms with Gasteiger partial charge in [0.25, 0.3) is 24.0 Å². The maximum atomic E-state index is 12.9. The zero-order valence-corrected chi connectivity index (χ0v) is 22.9. The summed E-state index contributed by atoms with van der Waals surface area (Å²) in [4.78, 5) is 22.7. The van der Waals surface area contributed by atoms with Gasteiger partial charge < -0.3 is 31.1 Å². The van der Waals surface area contributed by atoms with Gasteiger partial charge in [0.05, 0.1) is 0 Å². The second-order valence-corrected chi connectivity index (χ2v) is 8.81. The van der Waals surface area contributed by atoms with Gasteiger partial charge in [-0.25, -0.2) is 17.6 Å². The zero-order valence-electron chi connectivity index (χ0n) is 22.1. The summed E-state index contributed by atoms with van der Waals surface area (Å²) in [7, 11) is -3.24. The van der Waals surface area contributed by atoms with Crippen LogP contribution in [0, 0.1) is 0 Å². The highest BCUT2D eigenvalue weighted by atomic mass is 35.5. The molecule has 0 saturated heterocycles. The average Bonchev–Trinajstić information content (AvgIpc) is 2.98. The molecule has 1 amide bonds. The van der Waals surface area contributed by atoms with Crippen molar-refractivity contribution in [3.05, 3.63) is 119 Å². The molecule has 15 heteroatoms. The van der Waals surface area contributed by atoms with Gasteiger partial charge in [-0.3, -0.25) is 9.59 Å². The number of nitrogen functional groups attached to an aromatic ring is 1. The minimum absolute atomic E-state index is 0.0837. The molecular weight excluding hydrogens is 593 g/mol. The Labute approximate surface area is 249 Å². The van der Waals surface area contributed by atoms with Gasteiger partial charge in [0, 0.05) is 44.6 Å². The van der Waals surface area contributed by atoms with Gasteiger partial charge in [-0.15, -0.1) is 0 Å². The van der Waals surface area contributed by atoms with Crippen LogP contribution in [0.25, 0.3) is 0 Å². The van der Waals surface area contributed by atoms with E-state index in [9.17, 15) is 37.2 Å². The molecule has 4 aromatic rings. The third-order valence-corrected chi connectivity index (χ3v) is 5.81. The largest absolute Gasteiger partial charge is 0.490 e. The van der Waals surface area contributed by atoms with Crippen LogP contribution in [0.3, 0.4) is 0 Å². The van der Waals surface area contributed by atoms with E-state index in [4.69, 9.17) is 27.4 Å². The van der Waals surface area contributed by atoms with E-state index >= 15 is 0 Å². The summed E-state index contributed by atoms with van der Waals surface area (Å²) in [6.45, 7) is 0. The molecule has 224 valence electrons. The number of halogens is 5. The standard InChI is InChI=1S/C14H12BF2NO3.C8H5ClF2O.C6H8BNO2/c16-13(17)9-5-1-2-6-10(9)14(19)18-12-8-4-3-7-11(12)15(20)21;9-7(12)5-3-1-2-4-6(5)8(10)11;8-6-4-2-1-3-5(6)7(9)10/h1-8,13,20-21H,(H,18,19);1-4,8H;1-4,9-10H,8H2. The molecule has 4 aromatic carbocycles. The van der Waals surface area contributed by atoms with Crippen LogP contribution < -0.4 is 22.0 Å². The number of nitrogens with two attached hydrogens (primary N) is 1. The van der Waals surface area contributed by atoms with Crippen LogP contribution in [-0.2, 0) is 0 Å². The number of rotatable bonds is 7. The molecule has 0 aliphatic rings. The summed E-state index contributed by atoms with van der Waals surface area (Å²) in [6, 6.07) is 23.4. The lowest BCUT2D eigenvalue weighted by Crippen LogP contribution is -2.33.